The number of nitrogens with zero attached hydrogens (tertiary/aromatic N) is 1. The van der Waals surface area contributed by atoms with Crippen LogP contribution in [0.1, 0.15) is 49.4 Å². The van der Waals surface area contributed by atoms with Crippen LogP contribution in [0.3, 0.4) is 0 Å². The molecule has 3 rings (SSSR count). The smallest absolute Gasteiger partial charge is 0.308 e. The van der Waals surface area contributed by atoms with Gasteiger partial charge < -0.3 is 19.9 Å². The Bertz CT molecular complexity index is 644. The first-order valence-electron chi connectivity index (χ1n) is 8.74. The lowest BCUT2D eigenvalue weighted by atomic mass is 9.73. The van der Waals surface area contributed by atoms with Crippen LogP contribution in [0.2, 0.25) is 0 Å². The third kappa shape index (κ3) is 4.10. The number of nitrogens with one attached hydrogen (secondary N) is 1. The van der Waals surface area contributed by atoms with E-state index in [0.717, 1.165) is 19.3 Å². The van der Waals surface area contributed by atoms with E-state index < -0.39 is 17.4 Å². The number of pyridine rings is 1. The molecule has 2 heterocycles. The summed E-state index contributed by atoms with van der Waals surface area (Å²) in [4.78, 5) is 28.3. The average Bonchev–Trinajstić information content (AvgIpc) is 3.08. The summed E-state index contributed by atoms with van der Waals surface area (Å²) in [5.41, 5.74) is -0.329. The third-order valence-electron chi connectivity index (χ3n) is 5.08. The molecule has 7 nitrogen and oxygen atoms in total. The topological polar surface area (TPSA) is 97.8 Å². The van der Waals surface area contributed by atoms with Crippen LogP contribution in [-0.4, -0.2) is 46.8 Å². The molecule has 1 aliphatic heterocycles. The molecule has 2 aliphatic rings. The number of rotatable bonds is 5. The summed E-state index contributed by atoms with van der Waals surface area (Å²) in [7, 11) is 0. The van der Waals surface area contributed by atoms with E-state index in [1.54, 1.807) is 12.1 Å². The molecule has 7 heteroatoms. The fourth-order valence-electron chi connectivity index (χ4n) is 3.60. The summed E-state index contributed by atoms with van der Waals surface area (Å²) >= 11 is 0. The monoisotopic (exact) mass is 348 g/mol. The Morgan fingerprint density at radius 1 is 1.40 bits per heavy atom. The zero-order chi connectivity index (χ0) is 17.9. The Morgan fingerprint density at radius 3 is 2.96 bits per heavy atom. The van der Waals surface area contributed by atoms with Crippen LogP contribution in [0.5, 0.6) is 5.88 Å². The summed E-state index contributed by atoms with van der Waals surface area (Å²) in [6.45, 7) is 3.01. The fourth-order valence-corrected chi connectivity index (χ4v) is 3.60. The molecule has 2 N–H and O–H groups in total. The van der Waals surface area contributed by atoms with Crippen LogP contribution < -0.4 is 10.1 Å². The first kappa shape index (κ1) is 17.7. The highest BCUT2D eigenvalue weighted by atomic mass is 16.5. The van der Waals surface area contributed by atoms with Crippen molar-refractivity contribution in [1.29, 1.82) is 0 Å². The van der Waals surface area contributed by atoms with Gasteiger partial charge in [-0.2, -0.15) is 0 Å². The van der Waals surface area contributed by atoms with Crippen molar-refractivity contribution in [3.8, 4) is 5.88 Å². The quantitative estimate of drug-likeness (QED) is 0.845. The van der Waals surface area contributed by atoms with Crippen LogP contribution in [0, 0.1) is 5.92 Å². The van der Waals surface area contributed by atoms with Crippen molar-refractivity contribution in [2.45, 2.75) is 50.7 Å². The van der Waals surface area contributed by atoms with Crippen molar-refractivity contribution >= 4 is 11.9 Å². The summed E-state index contributed by atoms with van der Waals surface area (Å²) in [6.07, 6.45) is 5.31. The molecular formula is C18H24N2O5. The van der Waals surface area contributed by atoms with Gasteiger partial charge in [0.05, 0.1) is 24.7 Å². The van der Waals surface area contributed by atoms with Gasteiger partial charge in [-0.05, 0) is 25.8 Å². The van der Waals surface area contributed by atoms with Crippen molar-refractivity contribution in [3.63, 3.8) is 0 Å². The van der Waals surface area contributed by atoms with Crippen molar-refractivity contribution < 1.29 is 24.2 Å². The Balaban J connectivity index is 1.70. The molecule has 1 saturated heterocycles. The maximum atomic E-state index is 12.7. The highest BCUT2D eigenvalue weighted by Crippen LogP contribution is 2.34. The maximum Gasteiger partial charge on any atom is 0.308 e. The lowest BCUT2D eigenvalue weighted by molar-refractivity contribution is -0.145. The van der Waals surface area contributed by atoms with E-state index in [9.17, 15) is 14.7 Å². The van der Waals surface area contributed by atoms with E-state index in [1.165, 1.54) is 6.20 Å². The third-order valence-corrected chi connectivity index (χ3v) is 5.08. The van der Waals surface area contributed by atoms with E-state index in [2.05, 4.69) is 10.3 Å². The Labute approximate surface area is 146 Å². The molecular weight excluding hydrogens is 324 g/mol. The minimum Gasteiger partial charge on any atom is -0.481 e. The molecule has 1 saturated carbocycles. The maximum absolute atomic E-state index is 12.7. The largest absolute Gasteiger partial charge is 0.481 e. The molecule has 1 amide bonds. The molecule has 0 spiro atoms. The number of carbonyl (C=O) groups is 2. The van der Waals surface area contributed by atoms with Gasteiger partial charge in [0.25, 0.3) is 5.91 Å². The highest BCUT2D eigenvalue weighted by Gasteiger charge is 2.42. The molecule has 0 aromatic carbocycles. The summed E-state index contributed by atoms with van der Waals surface area (Å²) in [5, 5.41) is 12.4. The van der Waals surface area contributed by atoms with E-state index in [-0.39, 0.29) is 12.0 Å². The van der Waals surface area contributed by atoms with E-state index in [1.807, 2.05) is 6.92 Å². The van der Waals surface area contributed by atoms with Gasteiger partial charge in [0.1, 0.15) is 6.10 Å². The van der Waals surface area contributed by atoms with E-state index in [4.69, 9.17) is 9.47 Å². The first-order valence-corrected chi connectivity index (χ1v) is 8.74. The molecule has 3 atom stereocenters. The van der Waals surface area contributed by atoms with Crippen LogP contribution in [0.25, 0.3) is 0 Å². The standard InChI is InChI=1S/C18H24N2O5/c1-18(7-3-2-4-14(18)17(22)23)20-16(21)12-5-8-19-15(10-12)25-13-6-9-24-11-13/h5,8,10,13-14H,2-4,6-7,9,11H2,1H3,(H,20,21)(H,22,23). The lowest BCUT2D eigenvalue weighted by Crippen LogP contribution is -2.55. The molecule has 0 radical (unpaired) electrons. The first-order chi connectivity index (χ1) is 12.0. The average molecular weight is 348 g/mol. The van der Waals surface area contributed by atoms with Crippen LogP contribution in [-0.2, 0) is 9.53 Å². The number of hydrogen-bond acceptors (Lipinski definition) is 5. The summed E-state index contributed by atoms with van der Waals surface area (Å²) in [5.74, 6) is -1.35. The summed E-state index contributed by atoms with van der Waals surface area (Å²) in [6, 6.07) is 3.20. The molecule has 1 aliphatic carbocycles. The molecule has 136 valence electrons. The number of carbonyl (C=O) groups excluding carboxylic acids is 1. The molecule has 25 heavy (non-hydrogen) atoms. The minimum atomic E-state index is -0.859. The number of amides is 1. The Hall–Kier alpha value is -2.15. The molecule has 0 bridgehead atoms. The van der Waals surface area contributed by atoms with Crippen molar-refractivity contribution in [3.05, 3.63) is 23.9 Å². The predicted molar refractivity (Wildman–Crippen MR) is 89.6 cm³/mol. The predicted octanol–water partition coefficient (Wildman–Crippen LogP) is 2.01. The van der Waals surface area contributed by atoms with Gasteiger partial charge in [0.2, 0.25) is 5.88 Å². The number of carboxylic acids is 1. The van der Waals surface area contributed by atoms with Crippen molar-refractivity contribution in [2.24, 2.45) is 5.92 Å². The van der Waals surface area contributed by atoms with Gasteiger partial charge in [-0.3, -0.25) is 9.59 Å². The second-order valence-corrected chi connectivity index (χ2v) is 6.99. The van der Waals surface area contributed by atoms with Gasteiger partial charge >= 0.3 is 5.97 Å². The number of hydrogen-bond donors (Lipinski definition) is 2. The number of carboxylic acid groups (broad SMARTS) is 1. The highest BCUT2D eigenvalue weighted by molar-refractivity contribution is 5.95. The van der Waals surface area contributed by atoms with Crippen molar-refractivity contribution in [1.82, 2.24) is 10.3 Å². The number of aliphatic carboxylic acids is 1. The van der Waals surface area contributed by atoms with Crippen molar-refractivity contribution in [2.75, 3.05) is 13.2 Å². The van der Waals surface area contributed by atoms with Gasteiger partial charge in [0.15, 0.2) is 0 Å². The molecule has 1 aromatic rings. The number of ether oxygens (including phenoxy) is 2. The van der Waals surface area contributed by atoms with E-state index >= 15 is 0 Å². The molecule has 2 fully saturated rings. The zero-order valence-electron chi connectivity index (χ0n) is 14.4. The SMILES string of the molecule is CC1(NC(=O)c2ccnc(OC3CCOC3)c2)CCCCC1C(=O)O. The molecule has 1 aromatic heterocycles. The van der Waals surface area contributed by atoms with E-state index in [0.29, 0.717) is 37.5 Å². The van der Waals surface area contributed by atoms with Crippen LogP contribution >= 0.6 is 0 Å². The Kier molecular flexibility index (Phi) is 5.22. The Morgan fingerprint density at radius 2 is 2.24 bits per heavy atom. The second-order valence-electron chi connectivity index (χ2n) is 6.99. The van der Waals surface area contributed by atoms with Crippen LogP contribution in [0.4, 0.5) is 0 Å². The van der Waals surface area contributed by atoms with Gasteiger partial charge in [-0.15, -0.1) is 0 Å². The van der Waals surface area contributed by atoms with Crippen LogP contribution in [0.15, 0.2) is 18.3 Å². The van der Waals surface area contributed by atoms with Gasteiger partial charge in [0, 0.05) is 24.2 Å². The normalized spacial score (nSPS) is 29.2. The summed E-state index contributed by atoms with van der Waals surface area (Å²) < 4.78 is 11.0. The van der Waals surface area contributed by atoms with Gasteiger partial charge in [-0.1, -0.05) is 12.8 Å². The molecule has 3 unspecified atom stereocenters. The lowest BCUT2D eigenvalue weighted by Gasteiger charge is -2.39. The second kappa shape index (κ2) is 7.39. The zero-order valence-corrected chi connectivity index (χ0v) is 14.4. The minimum absolute atomic E-state index is 0.0435. The van der Waals surface area contributed by atoms with Gasteiger partial charge in [-0.25, -0.2) is 4.98 Å². The fraction of sp³-hybridized carbons (Fsp3) is 0.611. The number of aromatic nitrogens is 1.